The molecule has 0 bridgehead atoms. The highest BCUT2D eigenvalue weighted by Gasteiger charge is 2.38. The molecule has 2 aliphatic rings. The first-order valence-electron chi connectivity index (χ1n) is 6.53. The summed E-state index contributed by atoms with van der Waals surface area (Å²) >= 11 is 3.40. The van der Waals surface area contributed by atoms with Gasteiger partial charge in [-0.05, 0) is 66.6 Å². The monoisotopic (exact) mass is 313 g/mol. The van der Waals surface area contributed by atoms with Crippen LogP contribution in [-0.4, -0.2) is 6.10 Å². The molecule has 0 heterocycles. The minimum Gasteiger partial charge on any atom is -0.489 e. The van der Waals surface area contributed by atoms with Crippen molar-refractivity contribution in [2.45, 2.75) is 50.2 Å². The van der Waals surface area contributed by atoms with Crippen LogP contribution in [0.1, 0.15) is 44.1 Å². The Morgan fingerprint density at radius 3 is 2.50 bits per heavy atom. The first-order chi connectivity index (χ1) is 8.58. The fourth-order valence-corrected chi connectivity index (χ4v) is 3.06. The summed E-state index contributed by atoms with van der Waals surface area (Å²) in [6, 6.07) is 3.00. The zero-order valence-corrected chi connectivity index (χ0v) is 11.8. The molecular formula is C14H17BrFNO. The largest absolute Gasteiger partial charge is 0.489 e. The summed E-state index contributed by atoms with van der Waals surface area (Å²) < 4.78 is 20.3. The van der Waals surface area contributed by atoms with Crippen molar-refractivity contribution in [3.05, 3.63) is 28.0 Å². The molecule has 2 N–H and O–H groups in total. The van der Waals surface area contributed by atoms with E-state index in [-0.39, 0.29) is 11.9 Å². The van der Waals surface area contributed by atoms with E-state index < -0.39 is 5.54 Å². The maximum absolute atomic E-state index is 13.6. The lowest BCUT2D eigenvalue weighted by molar-refractivity contribution is 0.112. The molecule has 3 rings (SSSR count). The average Bonchev–Trinajstić information content (AvgIpc) is 2.21. The molecular weight excluding hydrogens is 297 g/mol. The zero-order chi connectivity index (χ0) is 12.8. The third-order valence-electron chi connectivity index (χ3n) is 4.13. The highest BCUT2D eigenvalue weighted by molar-refractivity contribution is 9.10. The predicted octanol–water partition coefficient (Wildman–Crippen LogP) is 3.86. The molecule has 4 heteroatoms. The standard InChI is InChI=1S/C14H17BrFNO/c15-12-8-9(16)7-11(14(17)5-2-6-14)13(12)18-10-3-1-4-10/h7-8,10H,1-6,17H2. The number of rotatable bonds is 3. The molecule has 1 aromatic carbocycles. The third-order valence-corrected chi connectivity index (χ3v) is 4.72. The van der Waals surface area contributed by atoms with Crippen LogP contribution in [-0.2, 0) is 5.54 Å². The summed E-state index contributed by atoms with van der Waals surface area (Å²) in [7, 11) is 0. The minimum absolute atomic E-state index is 0.255. The number of halogens is 2. The van der Waals surface area contributed by atoms with E-state index in [2.05, 4.69) is 15.9 Å². The Hall–Kier alpha value is -0.610. The highest BCUT2D eigenvalue weighted by atomic mass is 79.9. The van der Waals surface area contributed by atoms with Gasteiger partial charge in [0.25, 0.3) is 0 Å². The van der Waals surface area contributed by atoms with Crippen molar-refractivity contribution in [3.8, 4) is 5.75 Å². The second kappa shape index (κ2) is 4.49. The van der Waals surface area contributed by atoms with Crippen LogP contribution in [0.4, 0.5) is 4.39 Å². The highest BCUT2D eigenvalue weighted by Crippen LogP contribution is 2.46. The molecule has 2 aliphatic carbocycles. The van der Waals surface area contributed by atoms with Crippen molar-refractivity contribution in [1.29, 1.82) is 0 Å². The van der Waals surface area contributed by atoms with Gasteiger partial charge in [0, 0.05) is 11.1 Å². The second-order valence-electron chi connectivity index (χ2n) is 5.44. The molecule has 2 saturated carbocycles. The molecule has 0 saturated heterocycles. The summed E-state index contributed by atoms with van der Waals surface area (Å²) in [6.45, 7) is 0. The van der Waals surface area contributed by atoms with Crippen LogP contribution in [0, 0.1) is 5.82 Å². The molecule has 0 atom stereocenters. The van der Waals surface area contributed by atoms with Gasteiger partial charge < -0.3 is 10.5 Å². The molecule has 0 aliphatic heterocycles. The molecule has 18 heavy (non-hydrogen) atoms. The Morgan fingerprint density at radius 1 is 1.28 bits per heavy atom. The van der Waals surface area contributed by atoms with Crippen LogP contribution in [0.5, 0.6) is 5.75 Å². The van der Waals surface area contributed by atoms with E-state index in [1.165, 1.54) is 18.6 Å². The molecule has 0 unspecified atom stereocenters. The van der Waals surface area contributed by atoms with E-state index >= 15 is 0 Å². The van der Waals surface area contributed by atoms with Crippen molar-refractivity contribution in [1.82, 2.24) is 0 Å². The fourth-order valence-electron chi connectivity index (χ4n) is 2.53. The maximum atomic E-state index is 13.6. The summed E-state index contributed by atoms with van der Waals surface area (Å²) in [4.78, 5) is 0. The van der Waals surface area contributed by atoms with E-state index in [0.29, 0.717) is 4.47 Å². The summed E-state index contributed by atoms with van der Waals surface area (Å²) in [5.74, 6) is 0.498. The van der Waals surface area contributed by atoms with Gasteiger partial charge in [0.15, 0.2) is 0 Å². The Balaban J connectivity index is 1.98. The number of nitrogens with two attached hydrogens (primary N) is 1. The molecule has 0 aromatic heterocycles. The lowest BCUT2D eigenvalue weighted by Crippen LogP contribution is -2.44. The Morgan fingerprint density at radius 2 is 2.00 bits per heavy atom. The van der Waals surface area contributed by atoms with Crippen LogP contribution in [0.25, 0.3) is 0 Å². The maximum Gasteiger partial charge on any atom is 0.139 e. The SMILES string of the molecule is NC1(c2cc(F)cc(Br)c2OC2CCC2)CCC1. The molecule has 0 spiro atoms. The van der Waals surface area contributed by atoms with E-state index in [0.717, 1.165) is 43.4 Å². The fraction of sp³-hybridized carbons (Fsp3) is 0.571. The smallest absolute Gasteiger partial charge is 0.139 e. The quantitative estimate of drug-likeness (QED) is 0.919. The van der Waals surface area contributed by atoms with Gasteiger partial charge in [-0.15, -0.1) is 0 Å². The topological polar surface area (TPSA) is 35.2 Å². The number of hydrogen-bond acceptors (Lipinski definition) is 2. The summed E-state index contributed by atoms with van der Waals surface area (Å²) in [5.41, 5.74) is 6.76. The first kappa shape index (κ1) is 12.4. The third kappa shape index (κ3) is 2.05. The number of benzene rings is 1. The van der Waals surface area contributed by atoms with Crippen LogP contribution >= 0.6 is 15.9 Å². The summed E-state index contributed by atoms with van der Waals surface area (Å²) in [6.07, 6.45) is 6.57. The van der Waals surface area contributed by atoms with Gasteiger partial charge in [-0.25, -0.2) is 4.39 Å². The normalized spacial score (nSPS) is 22.2. The van der Waals surface area contributed by atoms with E-state index in [4.69, 9.17) is 10.5 Å². The van der Waals surface area contributed by atoms with E-state index in [1.807, 2.05) is 0 Å². The van der Waals surface area contributed by atoms with Crippen molar-refractivity contribution >= 4 is 15.9 Å². The lowest BCUT2D eigenvalue weighted by atomic mass is 9.72. The lowest BCUT2D eigenvalue weighted by Gasteiger charge is -2.40. The Labute approximate surface area is 115 Å². The van der Waals surface area contributed by atoms with E-state index in [1.54, 1.807) is 0 Å². The van der Waals surface area contributed by atoms with Gasteiger partial charge in [-0.1, -0.05) is 0 Å². The van der Waals surface area contributed by atoms with Gasteiger partial charge >= 0.3 is 0 Å². The first-order valence-corrected chi connectivity index (χ1v) is 7.33. The number of ether oxygens (including phenoxy) is 1. The van der Waals surface area contributed by atoms with Gasteiger partial charge in [-0.2, -0.15) is 0 Å². The van der Waals surface area contributed by atoms with Crippen molar-refractivity contribution in [3.63, 3.8) is 0 Å². The Bertz CT molecular complexity index is 469. The van der Waals surface area contributed by atoms with Crippen LogP contribution in [0.2, 0.25) is 0 Å². The second-order valence-corrected chi connectivity index (χ2v) is 6.30. The van der Waals surface area contributed by atoms with Gasteiger partial charge in [-0.3, -0.25) is 0 Å². The molecule has 2 nitrogen and oxygen atoms in total. The van der Waals surface area contributed by atoms with E-state index in [9.17, 15) is 4.39 Å². The van der Waals surface area contributed by atoms with Crippen LogP contribution in [0.15, 0.2) is 16.6 Å². The molecule has 2 fully saturated rings. The molecule has 1 aromatic rings. The van der Waals surface area contributed by atoms with Gasteiger partial charge in [0.1, 0.15) is 11.6 Å². The van der Waals surface area contributed by atoms with Crippen molar-refractivity contribution in [2.75, 3.05) is 0 Å². The zero-order valence-electron chi connectivity index (χ0n) is 10.2. The molecule has 0 radical (unpaired) electrons. The minimum atomic E-state index is -0.399. The average molecular weight is 314 g/mol. The predicted molar refractivity (Wildman–Crippen MR) is 72.1 cm³/mol. The Kier molecular flexibility index (Phi) is 3.10. The number of hydrogen-bond donors (Lipinski definition) is 1. The van der Waals surface area contributed by atoms with Crippen LogP contribution < -0.4 is 10.5 Å². The van der Waals surface area contributed by atoms with Crippen LogP contribution in [0.3, 0.4) is 0 Å². The van der Waals surface area contributed by atoms with Gasteiger partial charge in [0.2, 0.25) is 0 Å². The van der Waals surface area contributed by atoms with Crippen molar-refractivity contribution in [2.24, 2.45) is 5.73 Å². The van der Waals surface area contributed by atoms with Gasteiger partial charge in [0.05, 0.1) is 10.6 Å². The van der Waals surface area contributed by atoms with Crippen molar-refractivity contribution < 1.29 is 9.13 Å². The summed E-state index contributed by atoms with van der Waals surface area (Å²) in [5, 5.41) is 0. The molecule has 98 valence electrons. The molecule has 0 amide bonds.